The zero-order chi connectivity index (χ0) is 33.8. The number of likely N-dealkylation sites (tertiary alicyclic amines) is 1. The molecule has 10 nitrogen and oxygen atoms in total. The molecule has 45 heavy (non-hydrogen) atoms. The third-order valence-electron chi connectivity index (χ3n) is 9.47. The van der Waals surface area contributed by atoms with Crippen LogP contribution in [0.5, 0.6) is 0 Å². The molecule has 3 amide bonds. The van der Waals surface area contributed by atoms with Crippen LogP contribution in [0.1, 0.15) is 85.1 Å². The highest BCUT2D eigenvalue weighted by molar-refractivity contribution is 5.87. The van der Waals surface area contributed by atoms with Crippen molar-refractivity contribution in [3.63, 3.8) is 0 Å². The van der Waals surface area contributed by atoms with Crippen molar-refractivity contribution in [2.75, 3.05) is 34.9 Å². The van der Waals surface area contributed by atoms with Crippen LogP contribution in [-0.4, -0.2) is 98.7 Å². The van der Waals surface area contributed by atoms with Gasteiger partial charge < -0.3 is 29.3 Å². The second-order valence-electron chi connectivity index (χ2n) is 13.0. The molecule has 0 aliphatic carbocycles. The van der Waals surface area contributed by atoms with Gasteiger partial charge in [-0.1, -0.05) is 78.3 Å². The van der Waals surface area contributed by atoms with Crippen LogP contribution in [0, 0.1) is 17.8 Å². The van der Waals surface area contributed by atoms with Gasteiger partial charge in [-0.2, -0.15) is 0 Å². The predicted molar refractivity (Wildman–Crippen MR) is 174 cm³/mol. The molecule has 0 saturated carbocycles. The fourth-order valence-corrected chi connectivity index (χ4v) is 6.57. The van der Waals surface area contributed by atoms with E-state index in [1.165, 1.54) is 7.11 Å². The smallest absolute Gasteiger partial charge is 0.328 e. The molecular weight excluding hydrogens is 574 g/mol. The molecule has 1 aliphatic rings. The molecule has 1 saturated heterocycles. The van der Waals surface area contributed by atoms with Crippen LogP contribution >= 0.6 is 0 Å². The fraction of sp³-hybridized carbons (Fsp3) is 0.714. The van der Waals surface area contributed by atoms with E-state index in [0.717, 1.165) is 18.4 Å². The molecule has 1 aromatic carbocycles. The lowest BCUT2D eigenvalue weighted by Crippen LogP contribution is -2.54. The minimum absolute atomic E-state index is 0.0370. The molecular formula is C35H57N3O7. The zero-order valence-electron chi connectivity index (χ0n) is 29.1. The van der Waals surface area contributed by atoms with Crippen LogP contribution in [0.25, 0.3) is 0 Å². The van der Waals surface area contributed by atoms with Gasteiger partial charge in [-0.05, 0) is 30.2 Å². The van der Waals surface area contributed by atoms with Crippen molar-refractivity contribution in [3.05, 3.63) is 35.9 Å². The number of hydrogen-bond acceptors (Lipinski definition) is 7. The summed E-state index contributed by atoms with van der Waals surface area (Å²) in [6, 6.07) is 8.01. The molecule has 2 rings (SSSR count). The average molecular weight is 632 g/mol. The summed E-state index contributed by atoms with van der Waals surface area (Å²) in [5.41, 5.74) is 0.900. The number of amides is 3. The van der Waals surface area contributed by atoms with Gasteiger partial charge in [0, 0.05) is 40.2 Å². The molecule has 0 radical (unpaired) electrons. The van der Waals surface area contributed by atoms with Crippen LogP contribution in [0.4, 0.5) is 0 Å². The Hall–Kier alpha value is -2.98. The lowest BCUT2D eigenvalue weighted by molar-refractivity contribution is -0.148. The first kappa shape index (κ1) is 38.2. The number of hydrogen-bond donors (Lipinski definition) is 1. The van der Waals surface area contributed by atoms with E-state index in [1.807, 2.05) is 51.1 Å². The van der Waals surface area contributed by atoms with E-state index >= 15 is 0 Å². The maximum Gasteiger partial charge on any atom is 0.328 e. The topological polar surface area (TPSA) is 114 Å². The van der Waals surface area contributed by atoms with Crippen molar-refractivity contribution < 1.29 is 33.4 Å². The maximum atomic E-state index is 13.9. The quantitative estimate of drug-likeness (QED) is 0.253. The molecule has 0 bridgehead atoms. The van der Waals surface area contributed by atoms with E-state index < -0.39 is 30.1 Å². The van der Waals surface area contributed by atoms with Crippen LogP contribution < -0.4 is 5.32 Å². The number of benzene rings is 1. The number of nitrogens with zero attached hydrogens (tertiary/aromatic N) is 2. The van der Waals surface area contributed by atoms with Gasteiger partial charge in [-0.3, -0.25) is 14.4 Å². The largest absolute Gasteiger partial charge is 0.467 e. The SMILES string of the molecule is CC[C@H](C)C(C(CC(=O)N1CCCC1C(OC)C(C)C(=O)NC(C(=O)OC)C(C)c1ccccc1)OC)N(C)C(=O)CC(C)C. The minimum atomic E-state index is -0.887. The number of esters is 1. The van der Waals surface area contributed by atoms with Gasteiger partial charge in [0.1, 0.15) is 6.04 Å². The van der Waals surface area contributed by atoms with E-state index in [-0.39, 0.29) is 54.0 Å². The summed E-state index contributed by atoms with van der Waals surface area (Å²) in [5.74, 6) is -1.58. The van der Waals surface area contributed by atoms with E-state index in [4.69, 9.17) is 14.2 Å². The Morgan fingerprint density at radius 1 is 0.978 bits per heavy atom. The Bertz CT molecular complexity index is 1100. The highest BCUT2D eigenvalue weighted by Crippen LogP contribution is 2.30. The highest BCUT2D eigenvalue weighted by atomic mass is 16.5. The van der Waals surface area contributed by atoms with Crippen molar-refractivity contribution in [1.29, 1.82) is 0 Å². The maximum absolute atomic E-state index is 13.9. The highest BCUT2D eigenvalue weighted by Gasteiger charge is 2.43. The molecule has 10 heteroatoms. The zero-order valence-corrected chi connectivity index (χ0v) is 29.1. The molecule has 254 valence electrons. The summed E-state index contributed by atoms with van der Waals surface area (Å²) < 4.78 is 16.8. The lowest BCUT2D eigenvalue weighted by Gasteiger charge is -2.39. The third kappa shape index (κ3) is 10.0. The number of carbonyl (C=O) groups excluding carboxylic acids is 4. The molecule has 1 aromatic rings. The Balaban J connectivity index is 2.23. The lowest BCUT2D eigenvalue weighted by atomic mass is 9.89. The van der Waals surface area contributed by atoms with Crippen molar-refractivity contribution in [2.24, 2.45) is 17.8 Å². The molecule has 1 N–H and O–H groups in total. The van der Waals surface area contributed by atoms with Crippen LogP contribution in [0.15, 0.2) is 30.3 Å². The van der Waals surface area contributed by atoms with Crippen LogP contribution in [-0.2, 0) is 33.4 Å². The van der Waals surface area contributed by atoms with Crippen molar-refractivity contribution in [2.45, 2.75) is 110 Å². The molecule has 1 fully saturated rings. The van der Waals surface area contributed by atoms with Gasteiger partial charge in [0.05, 0.1) is 43.7 Å². The first-order valence-electron chi connectivity index (χ1n) is 16.4. The molecule has 0 spiro atoms. The monoisotopic (exact) mass is 631 g/mol. The fourth-order valence-electron chi connectivity index (χ4n) is 6.57. The van der Waals surface area contributed by atoms with Gasteiger partial charge in [-0.25, -0.2) is 4.79 Å². The van der Waals surface area contributed by atoms with Gasteiger partial charge in [0.25, 0.3) is 0 Å². The predicted octanol–water partition coefficient (Wildman–Crippen LogP) is 4.41. The number of rotatable bonds is 17. The first-order chi connectivity index (χ1) is 21.3. The minimum Gasteiger partial charge on any atom is -0.467 e. The van der Waals surface area contributed by atoms with E-state index in [2.05, 4.69) is 19.2 Å². The number of carbonyl (C=O) groups is 4. The number of methoxy groups -OCH3 is 3. The van der Waals surface area contributed by atoms with Crippen molar-refractivity contribution in [3.8, 4) is 0 Å². The van der Waals surface area contributed by atoms with Crippen LogP contribution in [0.2, 0.25) is 0 Å². The van der Waals surface area contributed by atoms with E-state index in [9.17, 15) is 19.2 Å². The molecule has 8 atom stereocenters. The van der Waals surface area contributed by atoms with Gasteiger partial charge in [0.15, 0.2) is 0 Å². The molecule has 7 unspecified atom stereocenters. The van der Waals surface area contributed by atoms with E-state index in [0.29, 0.717) is 19.4 Å². The Labute approximate surface area is 270 Å². The Morgan fingerprint density at radius 3 is 2.16 bits per heavy atom. The standard InChI is InChI=1S/C35H57N3O7/c1-11-23(4)32(37(7)29(39)20-22(2)3)28(43-8)21-30(40)38-19-15-18-27(38)33(44-9)25(6)34(41)36-31(35(42)45-10)24(5)26-16-13-12-14-17-26/h12-14,16-17,22-25,27-28,31-33H,11,15,18-21H2,1-10H3,(H,36,41)/t23-,24?,25?,27?,28?,31?,32?,33?/m0/s1. The van der Waals surface area contributed by atoms with Crippen molar-refractivity contribution >= 4 is 23.7 Å². The number of ether oxygens (including phenoxy) is 3. The van der Waals surface area contributed by atoms with Gasteiger partial charge >= 0.3 is 5.97 Å². The van der Waals surface area contributed by atoms with Gasteiger partial charge in [0.2, 0.25) is 17.7 Å². The molecule has 1 aliphatic heterocycles. The summed E-state index contributed by atoms with van der Waals surface area (Å²) in [5, 5.41) is 2.91. The third-order valence-corrected chi connectivity index (χ3v) is 9.47. The second-order valence-corrected chi connectivity index (χ2v) is 13.0. The summed E-state index contributed by atoms with van der Waals surface area (Å²) in [7, 11) is 6.25. The number of likely N-dealkylation sites (N-methyl/N-ethyl adjacent to an activating group) is 1. The average Bonchev–Trinajstić information content (AvgIpc) is 3.52. The molecule has 0 aromatic heterocycles. The summed E-state index contributed by atoms with van der Waals surface area (Å²) in [6.07, 6.45) is 1.75. The summed E-state index contributed by atoms with van der Waals surface area (Å²) in [4.78, 5) is 56.9. The molecule has 1 heterocycles. The van der Waals surface area contributed by atoms with Crippen LogP contribution in [0.3, 0.4) is 0 Å². The Morgan fingerprint density at radius 2 is 1.62 bits per heavy atom. The van der Waals surface area contributed by atoms with Crippen molar-refractivity contribution in [1.82, 2.24) is 15.1 Å². The normalized spacial score (nSPS) is 19.6. The summed E-state index contributed by atoms with van der Waals surface area (Å²) >= 11 is 0. The van der Waals surface area contributed by atoms with E-state index in [1.54, 1.807) is 38.0 Å². The summed E-state index contributed by atoms with van der Waals surface area (Å²) in [6.45, 7) is 12.4. The van der Waals surface area contributed by atoms with Gasteiger partial charge in [-0.15, -0.1) is 0 Å². The number of nitrogens with one attached hydrogen (secondary N) is 1. The second kappa shape index (κ2) is 18.2. The Kier molecular flexibility index (Phi) is 15.5. The first-order valence-corrected chi connectivity index (χ1v) is 16.4.